The van der Waals surface area contributed by atoms with Crippen molar-refractivity contribution in [2.24, 2.45) is 0 Å². The van der Waals surface area contributed by atoms with Gasteiger partial charge in [-0.05, 0) is 57.6 Å². The van der Waals surface area contributed by atoms with E-state index in [1.165, 1.54) is 48.1 Å². The molecule has 24 heavy (non-hydrogen) atoms. The Kier molecular flexibility index (Phi) is 5.72. The zero-order valence-electron chi connectivity index (χ0n) is 14.3. The molecule has 2 nitrogen and oxygen atoms in total. The average Bonchev–Trinajstić information content (AvgIpc) is 3.05. The highest BCUT2D eigenvalue weighted by Crippen LogP contribution is 2.29. The Balaban J connectivity index is 0.000000368. The first-order valence-corrected chi connectivity index (χ1v) is 8.19. The SMILES string of the molecule is Cc1cc(C)c(-[n+]2ccn(C3CCCC3)c2)c(C)c1.F[B-](F)(F)F. The van der Waals surface area contributed by atoms with E-state index in [2.05, 4.69) is 60.8 Å². The Hall–Kier alpha value is -1.79. The highest BCUT2D eigenvalue weighted by Gasteiger charge is 2.22. The van der Waals surface area contributed by atoms with Gasteiger partial charge in [0.25, 0.3) is 0 Å². The van der Waals surface area contributed by atoms with E-state index in [0.717, 1.165) is 0 Å². The third kappa shape index (κ3) is 5.11. The molecule has 1 fully saturated rings. The maximum atomic E-state index is 9.75. The van der Waals surface area contributed by atoms with Crippen LogP contribution in [0.4, 0.5) is 17.3 Å². The van der Waals surface area contributed by atoms with Gasteiger partial charge in [0, 0.05) is 0 Å². The van der Waals surface area contributed by atoms with E-state index < -0.39 is 7.25 Å². The van der Waals surface area contributed by atoms with Crippen LogP contribution in [-0.4, -0.2) is 11.8 Å². The normalized spacial score (nSPS) is 15.3. The first-order valence-electron chi connectivity index (χ1n) is 8.19. The second-order valence-corrected chi connectivity index (χ2v) is 6.45. The first-order chi connectivity index (χ1) is 11.1. The van der Waals surface area contributed by atoms with Gasteiger partial charge in [0.15, 0.2) is 0 Å². The summed E-state index contributed by atoms with van der Waals surface area (Å²) in [5, 5.41) is 0. The smallest absolute Gasteiger partial charge is 0.418 e. The van der Waals surface area contributed by atoms with Crippen molar-refractivity contribution in [3.05, 3.63) is 47.5 Å². The molecule has 1 saturated carbocycles. The molecular weight excluding hydrogens is 319 g/mol. The quantitative estimate of drug-likeness (QED) is 0.408. The molecule has 0 aliphatic heterocycles. The molecule has 1 aromatic heterocycles. The van der Waals surface area contributed by atoms with E-state index in [0.29, 0.717) is 6.04 Å². The van der Waals surface area contributed by atoms with E-state index >= 15 is 0 Å². The van der Waals surface area contributed by atoms with Gasteiger partial charge in [-0.15, -0.1) is 0 Å². The number of benzene rings is 1. The molecule has 0 N–H and O–H groups in total. The summed E-state index contributed by atoms with van der Waals surface area (Å²) in [7, 11) is -6.00. The molecule has 1 aliphatic carbocycles. The molecule has 0 unspecified atom stereocenters. The molecule has 0 saturated heterocycles. The van der Waals surface area contributed by atoms with Crippen molar-refractivity contribution in [2.75, 3.05) is 0 Å². The summed E-state index contributed by atoms with van der Waals surface area (Å²) in [5.41, 5.74) is 5.38. The monoisotopic (exact) mass is 342 g/mol. The highest BCUT2D eigenvalue weighted by molar-refractivity contribution is 6.50. The molecular formula is C17H23BF4N2. The van der Waals surface area contributed by atoms with Gasteiger partial charge in [0.1, 0.15) is 24.1 Å². The third-order valence-corrected chi connectivity index (χ3v) is 4.30. The topological polar surface area (TPSA) is 8.81 Å². The van der Waals surface area contributed by atoms with Crippen LogP contribution in [0.2, 0.25) is 0 Å². The maximum absolute atomic E-state index is 9.75. The minimum atomic E-state index is -6.00. The summed E-state index contributed by atoms with van der Waals surface area (Å²) in [6.07, 6.45) is 12.1. The highest BCUT2D eigenvalue weighted by atomic mass is 19.5. The number of hydrogen-bond donors (Lipinski definition) is 0. The van der Waals surface area contributed by atoms with Crippen molar-refractivity contribution in [1.29, 1.82) is 0 Å². The van der Waals surface area contributed by atoms with Gasteiger partial charge in [-0.1, -0.05) is 17.7 Å². The molecule has 0 bridgehead atoms. The number of nitrogens with zero attached hydrogens (tertiary/aromatic N) is 2. The molecule has 7 heteroatoms. The average molecular weight is 342 g/mol. The number of aryl methyl sites for hydroxylation is 3. The number of imidazole rings is 1. The van der Waals surface area contributed by atoms with E-state index in [1.54, 1.807) is 0 Å². The standard InChI is InChI=1S/C17H23N2.BF4/c1-13-10-14(2)17(15(3)11-13)19-9-8-18(12-19)16-6-4-5-7-16;2-1(3,4)5/h8-12,16H,4-7H2,1-3H3;/q+1;-1. The van der Waals surface area contributed by atoms with E-state index in [9.17, 15) is 17.3 Å². The predicted octanol–water partition coefficient (Wildman–Crippen LogP) is 5.11. The molecule has 0 atom stereocenters. The van der Waals surface area contributed by atoms with Gasteiger partial charge in [0.05, 0.1) is 0 Å². The Morgan fingerprint density at radius 2 is 1.50 bits per heavy atom. The fourth-order valence-electron chi connectivity index (χ4n) is 3.50. The van der Waals surface area contributed by atoms with Crippen molar-refractivity contribution in [2.45, 2.75) is 52.5 Å². The minimum Gasteiger partial charge on any atom is -0.418 e. The van der Waals surface area contributed by atoms with Crippen LogP contribution < -0.4 is 4.57 Å². The van der Waals surface area contributed by atoms with Crippen molar-refractivity contribution in [3.8, 4) is 5.69 Å². The van der Waals surface area contributed by atoms with Crippen molar-refractivity contribution in [1.82, 2.24) is 4.57 Å². The lowest BCUT2D eigenvalue weighted by molar-refractivity contribution is -0.596. The lowest BCUT2D eigenvalue weighted by atomic mass is 10.1. The van der Waals surface area contributed by atoms with Crippen molar-refractivity contribution in [3.63, 3.8) is 0 Å². The van der Waals surface area contributed by atoms with Gasteiger partial charge in [-0.2, -0.15) is 0 Å². The molecule has 0 amide bonds. The van der Waals surface area contributed by atoms with Crippen LogP contribution >= 0.6 is 0 Å². The Morgan fingerprint density at radius 3 is 2.00 bits per heavy atom. The lowest BCUT2D eigenvalue weighted by Gasteiger charge is -2.07. The third-order valence-electron chi connectivity index (χ3n) is 4.30. The molecule has 1 aliphatic rings. The lowest BCUT2D eigenvalue weighted by Crippen LogP contribution is -2.30. The Labute approximate surface area is 140 Å². The molecule has 0 spiro atoms. The Morgan fingerprint density at radius 1 is 1.00 bits per heavy atom. The zero-order valence-corrected chi connectivity index (χ0v) is 14.3. The number of rotatable bonds is 2. The molecule has 132 valence electrons. The van der Waals surface area contributed by atoms with Crippen LogP contribution in [0, 0.1) is 20.8 Å². The first kappa shape index (κ1) is 18.6. The summed E-state index contributed by atoms with van der Waals surface area (Å²) in [4.78, 5) is 0. The minimum absolute atomic E-state index is 0.715. The summed E-state index contributed by atoms with van der Waals surface area (Å²) < 4.78 is 43.7. The Bertz CT molecular complexity index is 659. The van der Waals surface area contributed by atoms with E-state index in [1.807, 2.05) is 0 Å². The zero-order chi connectivity index (χ0) is 17.9. The molecule has 3 rings (SSSR count). The van der Waals surface area contributed by atoms with Gasteiger partial charge < -0.3 is 17.3 Å². The van der Waals surface area contributed by atoms with Gasteiger partial charge in [-0.3, -0.25) is 0 Å². The summed E-state index contributed by atoms with van der Waals surface area (Å²) in [6, 6.07) is 5.25. The van der Waals surface area contributed by atoms with Crippen molar-refractivity contribution >= 4 is 7.25 Å². The largest absolute Gasteiger partial charge is 0.673 e. The van der Waals surface area contributed by atoms with Crippen LogP contribution in [0.3, 0.4) is 0 Å². The maximum Gasteiger partial charge on any atom is 0.673 e. The fraction of sp³-hybridized carbons (Fsp3) is 0.471. The summed E-state index contributed by atoms with van der Waals surface area (Å²) in [6.45, 7) is 6.57. The second kappa shape index (κ2) is 7.41. The van der Waals surface area contributed by atoms with Gasteiger partial charge in [0.2, 0.25) is 6.33 Å². The molecule has 0 radical (unpaired) electrons. The molecule has 1 heterocycles. The van der Waals surface area contributed by atoms with Crippen LogP contribution in [-0.2, 0) is 0 Å². The van der Waals surface area contributed by atoms with Crippen LogP contribution in [0.1, 0.15) is 48.4 Å². The summed E-state index contributed by atoms with van der Waals surface area (Å²) in [5.74, 6) is 0. The van der Waals surface area contributed by atoms with Crippen LogP contribution in [0.5, 0.6) is 0 Å². The second-order valence-electron chi connectivity index (χ2n) is 6.45. The number of halogens is 4. The molecule has 1 aromatic carbocycles. The van der Waals surface area contributed by atoms with Crippen LogP contribution in [0.25, 0.3) is 5.69 Å². The van der Waals surface area contributed by atoms with Gasteiger partial charge in [-0.25, -0.2) is 9.13 Å². The van der Waals surface area contributed by atoms with Crippen molar-refractivity contribution < 1.29 is 21.8 Å². The van der Waals surface area contributed by atoms with E-state index in [4.69, 9.17) is 0 Å². The summed E-state index contributed by atoms with van der Waals surface area (Å²) >= 11 is 0. The number of aromatic nitrogens is 2. The molecule has 2 aromatic rings. The van der Waals surface area contributed by atoms with E-state index in [-0.39, 0.29) is 0 Å². The fourth-order valence-corrected chi connectivity index (χ4v) is 3.50. The van der Waals surface area contributed by atoms with Crippen LogP contribution in [0.15, 0.2) is 30.9 Å². The number of hydrogen-bond acceptors (Lipinski definition) is 0. The van der Waals surface area contributed by atoms with Gasteiger partial charge >= 0.3 is 7.25 Å². The predicted molar refractivity (Wildman–Crippen MR) is 87.9 cm³/mol.